The van der Waals surface area contributed by atoms with Gasteiger partial charge in [-0.2, -0.15) is 0 Å². The van der Waals surface area contributed by atoms with Gasteiger partial charge in [0.05, 0.1) is 5.00 Å². The Morgan fingerprint density at radius 3 is 2.86 bits per heavy atom. The maximum absolute atomic E-state index is 4.83. The van der Waals surface area contributed by atoms with E-state index in [4.69, 9.17) is 4.99 Å². The van der Waals surface area contributed by atoms with Crippen LogP contribution in [0.15, 0.2) is 53.0 Å². The van der Waals surface area contributed by atoms with Crippen LogP contribution in [0.1, 0.15) is 25.3 Å². The van der Waals surface area contributed by atoms with Crippen LogP contribution in [0.4, 0.5) is 5.00 Å². The highest BCUT2D eigenvalue weighted by molar-refractivity contribution is 7.14. The van der Waals surface area contributed by atoms with Gasteiger partial charge < -0.3 is 20.5 Å². The average molecular weight is 396 g/mol. The van der Waals surface area contributed by atoms with Crippen molar-refractivity contribution in [3.8, 4) is 0 Å². The van der Waals surface area contributed by atoms with Crippen LogP contribution in [0.2, 0.25) is 0 Å². The first-order chi connectivity index (χ1) is 13.8. The number of piperidine rings is 1. The predicted octanol–water partition coefficient (Wildman–Crippen LogP) is 4.00. The van der Waals surface area contributed by atoms with Crippen molar-refractivity contribution in [2.45, 2.75) is 32.2 Å². The first-order valence-corrected chi connectivity index (χ1v) is 11.1. The molecule has 6 heteroatoms. The molecule has 2 aromatic heterocycles. The SMILES string of the molecule is CCNC(=NCCc1c[nH]c2ccccc12)NC1CCN(c2cccs2)CC1. The predicted molar refractivity (Wildman–Crippen MR) is 121 cm³/mol. The first kappa shape index (κ1) is 18.9. The lowest BCUT2D eigenvalue weighted by atomic mass is 10.1. The molecule has 0 amide bonds. The second-order valence-corrected chi connectivity index (χ2v) is 8.15. The number of fused-ring (bicyclic) bond motifs is 1. The molecule has 3 heterocycles. The zero-order valence-electron chi connectivity index (χ0n) is 16.4. The Bertz CT molecular complexity index is 891. The normalized spacial score (nSPS) is 15.9. The van der Waals surface area contributed by atoms with Gasteiger partial charge >= 0.3 is 0 Å². The molecule has 1 fully saturated rings. The number of nitrogens with one attached hydrogen (secondary N) is 3. The summed E-state index contributed by atoms with van der Waals surface area (Å²) in [4.78, 5) is 10.7. The van der Waals surface area contributed by atoms with Crippen LogP contribution in [0.5, 0.6) is 0 Å². The maximum atomic E-state index is 4.83. The molecule has 0 spiro atoms. The van der Waals surface area contributed by atoms with Crippen LogP contribution in [0.3, 0.4) is 0 Å². The Balaban J connectivity index is 1.31. The molecule has 1 aliphatic heterocycles. The fourth-order valence-electron chi connectivity index (χ4n) is 3.83. The Morgan fingerprint density at radius 1 is 1.21 bits per heavy atom. The smallest absolute Gasteiger partial charge is 0.191 e. The van der Waals surface area contributed by atoms with Gasteiger partial charge in [-0.3, -0.25) is 4.99 Å². The number of hydrogen-bond acceptors (Lipinski definition) is 3. The molecule has 0 atom stereocenters. The van der Waals surface area contributed by atoms with Gasteiger partial charge in [-0.1, -0.05) is 18.2 Å². The molecule has 3 N–H and O–H groups in total. The zero-order chi connectivity index (χ0) is 19.2. The van der Waals surface area contributed by atoms with Crippen LogP contribution in [-0.2, 0) is 6.42 Å². The number of benzene rings is 1. The van der Waals surface area contributed by atoms with E-state index in [1.54, 1.807) is 0 Å². The fourth-order valence-corrected chi connectivity index (χ4v) is 4.62. The number of aromatic nitrogens is 1. The molecule has 1 aliphatic rings. The van der Waals surface area contributed by atoms with Crippen molar-refractivity contribution < 1.29 is 0 Å². The highest BCUT2D eigenvalue weighted by Crippen LogP contribution is 2.24. The van der Waals surface area contributed by atoms with Gasteiger partial charge in [0.1, 0.15) is 0 Å². The van der Waals surface area contributed by atoms with Crippen molar-refractivity contribution in [2.75, 3.05) is 31.1 Å². The number of H-pyrrole nitrogens is 1. The van der Waals surface area contributed by atoms with Gasteiger partial charge in [0.2, 0.25) is 0 Å². The number of nitrogens with zero attached hydrogens (tertiary/aromatic N) is 2. The summed E-state index contributed by atoms with van der Waals surface area (Å²) in [6.45, 7) is 5.99. The highest BCUT2D eigenvalue weighted by atomic mass is 32.1. The number of guanidine groups is 1. The molecule has 0 radical (unpaired) electrons. The molecule has 28 heavy (non-hydrogen) atoms. The minimum Gasteiger partial charge on any atom is -0.363 e. The van der Waals surface area contributed by atoms with E-state index in [0.29, 0.717) is 6.04 Å². The molecule has 0 unspecified atom stereocenters. The number of anilines is 1. The van der Waals surface area contributed by atoms with Crippen molar-refractivity contribution in [1.82, 2.24) is 15.6 Å². The lowest BCUT2D eigenvalue weighted by molar-refractivity contribution is 0.463. The van der Waals surface area contributed by atoms with Crippen molar-refractivity contribution >= 4 is 33.2 Å². The minimum atomic E-state index is 0.488. The van der Waals surface area contributed by atoms with Gasteiger partial charge in [0.15, 0.2) is 5.96 Å². The van der Waals surface area contributed by atoms with Gasteiger partial charge in [0, 0.05) is 49.3 Å². The second-order valence-electron chi connectivity index (χ2n) is 7.23. The fraction of sp³-hybridized carbons (Fsp3) is 0.409. The van der Waals surface area contributed by atoms with Crippen LogP contribution < -0.4 is 15.5 Å². The van der Waals surface area contributed by atoms with Crippen molar-refractivity contribution in [3.05, 3.63) is 53.5 Å². The lowest BCUT2D eigenvalue weighted by Crippen LogP contribution is -2.48. The third kappa shape index (κ3) is 4.50. The van der Waals surface area contributed by atoms with Crippen molar-refractivity contribution in [2.24, 2.45) is 4.99 Å². The average Bonchev–Trinajstić information content (AvgIpc) is 3.39. The number of rotatable bonds is 6. The summed E-state index contributed by atoms with van der Waals surface area (Å²) in [6, 6.07) is 13.3. The molecule has 0 bridgehead atoms. The summed E-state index contributed by atoms with van der Waals surface area (Å²) in [7, 11) is 0. The third-order valence-corrected chi connectivity index (χ3v) is 6.25. The summed E-state index contributed by atoms with van der Waals surface area (Å²) in [5.41, 5.74) is 2.53. The summed E-state index contributed by atoms with van der Waals surface area (Å²) in [6.07, 6.45) is 5.34. The molecular weight excluding hydrogens is 366 g/mol. The summed E-state index contributed by atoms with van der Waals surface area (Å²) < 4.78 is 0. The zero-order valence-corrected chi connectivity index (χ0v) is 17.3. The summed E-state index contributed by atoms with van der Waals surface area (Å²) in [5.74, 6) is 0.942. The van der Waals surface area contributed by atoms with E-state index in [0.717, 1.165) is 51.4 Å². The third-order valence-electron chi connectivity index (χ3n) is 5.32. The minimum absolute atomic E-state index is 0.488. The van der Waals surface area contributed by atoms with E-state index >= 15 is 0 Å². The Morgan fingerprint density at radius 2 is 2.07 bits per heavy atom. The lowest BCUT2D eigenvalue weighted by Gasteiger charge is -2.33. The number of aromatic amines is 1. The molecule has 3 aromatic rings. The van der Waals surface area contributed by atoms with Crippen molar-refractivity contribution in [3.63, 3.8) is 0 Å². The summed E-state index contributed by atoms with van der Waals surface area (Å²) in [5, 5.41) is 11.9. The van der Waals surface area contributed by atoms with Crippen LogP contribution in [-0.4, -0.2) is 43.2 Å². The molecular formula is C22H29N5S. The molecule has 1 aromatic carbocycles. The molecule has 5 nitrogen and oxygen atoms in total. The Labute approximate surface area is 170 Å². The molecule has 0 saturated carbocycles. The van der Waals surface area contributed by atoms with E-state index < -0.39 is 0 Å². The number of hydrogen-bond donors (Lipinski definition) is 3. The van der Waals surface area contributed by atoms with E-state index in [2.05, 4.69) is 75.4 Å². The van der Waals surface area contributed by atoms with Crippen LogP contribution in [0.25, 0.3) is 10.9 Å². The van der Waals surface area contributed by atoms with Gasteiger partial charge in [0.25, 0.3) is 0 Å². The largest absolute Gasteiger partial charge is 0.363 e. The van der Waals surface area contributed by atoms with E-state index in [-0.39, 0.29) is 0 Å². The van der Waals surface area contributed by atoms with Gasteiger partial charge in [-0.15, -0.1) is 11.3 Å². The Hall–Kier alpha value is -2.47. The van der Waals surface area contributed by atoms with Crippen LogP contribution in [0, 0.1) is 0 Å². The molecule has 4 rings (SSSR count). The van der Waals surface area contributed by atoms with E-state index in [9.17, 15) is 0 Å². The number of thiophene rings is 1. The maximum Gasteiger partial charge on any atom is 0.191 e. The van der Waals surface area contributed by atoms with E-state index in [1.165, 1.54) is 21.5 Å². The molecule has 148 valence electrons. The Kier molecular flexibility index (Phi) is 6.17. The van der Waals surface area contributed by atoms with Gasteiger partial charge in [-0.25, -0.2) is 0 Å². The van der Waals surface area contributed by atoms with Gasteiger partial charge in [-0.05, 0) is 55.3 Å². The first-order valence-electron chi connectivity index (χ1n) is 10.2. The quantitative estimate of drug-likeness (QED) is 0.437. The van der Waals surface area contributed by atoms with Crippen LogP contribution >= 0.6 is 11.3 Å². The van der Waals surface area contributed by atoms with E-state index in [1.807, 2.05) is 11.3 Å². The summed E-state index contributed by atoms with van der Waals surface area (Å²) >= 11 is 1.83. The number of aliphatic imine (C=N–C) groups is 1. The number of para-hydroxylation sites is 1. The molecule has 0 aliphatic carbocycles. The molecule has 1 saturated heterocycles. The second kappa shape index (κ2) is 9.15. The topological polar surface area (TPSA) is 55.5 Å². The standard InChI is InChI=1S/C22H29N5S/c1-2-23-22(24-12-9-17-16-25-20-7-4-3-6-19(17)20)26-18-10-13-27(14-11-18)21-8-5-15-28-21/h3-8,15-16,18,25H,2,9-14H2,1H3,(H2,23,24,26). The van der Waals surface area contributed by atoms with Crippen molar-refractivity contribution in [1.29, 1.82) is 0 Å². The highest BCUT2D eigenvalue weighted by Gasteiger charge is 2.20. The monoisotopic (exact) mass is 395 g/mol.